The number of carbonyl (C=O) groups excluding carboxylic acids is 1. The first-order valence-electron chi connectivity index (χ1n) is 6.72. The highest BCUT2D eigenvalue weighted by molar-refractivity contribution is 5.81. The normalized spacial score (nSPS) is 12.1. The average molecular weight is 264 g/mol. The number of benzene rings is 1. The lowest BCUT2D eigenvalue weighted by Crippen LogP contribution is -2.36. The minimum atomic E-state index is -0.410. The molecule has 0 saturated carbocycles. The van der Waals surface area contributed by atoms with Gasteiger partial charge in [-0.1, -0.05) is 19.1 Å². The number of rotatable bonds is 6. The Balaban J connectivity index is 2.79. The Kier molecular flexibility index (Phi) is 5.83. The smallest absolute Gasteiger partial charge is 0.241 e. The van der Waals surface area contributed by atoms with Crippen molar-refractivity contribution in [1.29, 1.82) is 0 Å². The molecule has 4 heteroatoms. The first kappa shape index (κ1) is 15.5. The van der Waals surface area contributed by atoms with Crippen molar-refractivity contribution < 1.29 is 9.90 Å². The monoisotopic (exact) mass is 264 g/mol. The summed E-state index contributed by atoms with van der Waals surface area (Å²) in [6, 6.07) is 7.76. The highest BCUT2D eigenvalue weighted by Crippen LogP contribution is 2.21. The number of nitrogens with zero attached hydrogens (tertiary/aromatic N) is 2. The van der Waals surface area contributed by atoms with Crippen molar-refractivity contribution >= 4 is 11.6 Å². The number of aliphatic hydroxyl groups is 1. The standard InChI is InChI=1S/C15H24N2O2/c1-5-14(18)12-7-9-13(10-8-12)17(6-2)11-15(19)16(3)4/h7-10,14,18H,5-6,11H2,1-4H3. The van der Waals surface area contributed by atoms with Crippen molar-refractivity contribution in [2.75, 3.05) is 32.1 Å². The maximum absolute atomic E-state index is 11.8. The van der Waals surface area contributed by atoms with Crippen LogP contribution in [-0.4, -0.2) is 43.1 Å². The van der Waals surface area contributed by atoms with Crippen molar-refractivity contribution in [2.24, 2.45) is 0 Å². The molecule has 19 heavy (non-hydrogen) atoms. The largest absolute Gasteiger partial charge is 0.388 e. The molecule has 1 aromatic carbocycles. The molecule has 0 aliphatic carbocycles. The molecule has 0 aliphatic heterocycles. The van der Waals surface area contributed by atoms with Crippen LogP contribution in [0.1, 0.15) is 31.9 Å². The van der Waals surface area contributed by atoms with Crippen molar-refractivity contribution in [3.63, 3.8) is 0 Å². The molecular weight excluding hydrogens is 240 g/mol. The van der Waals surface area contributed by atoms with Crippen LogP contribution < -0.4 is 4.90 Å². The minimum absolute atomic E-state index is 0.0829. The van der Waals surface area contributed by atoms with Gasteiger partial charge in [0, 0.05) is 26.3 Å². The van der Waals surface area contributed by atoms with Crippen LogP contribution in [0.2, 0.25) is 0 Å². The predicted octanol–water partition coefficient (Wildman–Crippen LogP) is 2.04. The van der Waals surface area contributed by atoms with E-state index in [-0.39, 0.29) is 5.91 Å². The number of amides is 1. The van der Waals surface area contributed by atoms with E-state index < -0.39 is 6.10 Å². The van der Waals surface area contributed by atoms with Crippen molar-refractivity contribution in [2.45, 2.75) is 26.4 Å². The average Bonchev–Trinajstić information content (AvgIpc) is 2.43. The Morgan fingerprint density at radius 1 is 1.21 bits per heavy atom. The fourth-order valence-corrected chi connectivity index (χ4v) is 1.83. The summed E-state index contributed by atoms with van der Waals surface area (Å²) in [4.78, 5) is 15.4. The third-order valence-corrected chi connectivity index (χ3v) is 3.24. The Morgan fingerprint density at radius 2 is 1.79 bits per heavy atom. The highest BCUT2D eigenvalue weighted by atomic mass is 16.3. The third kappa shape index (κ3) is 4.24. The molecule has 1 aromatic rings. The zero-order valence-corrected chi connectivity index (χ0v) is 12.3. The first-order valence-corrected chi connectivity index (χ1v) is 6.72. The van der Waals surface area contributed by atoms with Gasteiger partial charge in [0.25, 0.3) is 0 Å². The number of likely N-dealkylation sites (N-methyl/N-ethyl adjacent to an activating group) is 2. The molecule has 0 fully saturated rings. The molecule has 0 aliphatic rings. The second kappa shape index (κ2) is 7.14. The van der Waals surface area contributed by atoms with Gasteiger partial charge in [0.1, 0.15) is 0 Å². The summed E-state index contributed by atoms with van der Waals surface area (Å²) in [6.45, 7) is 5.12. The van der Waals surface area contributed by atoms with Gasteiger partial charge < -0.3 is 14.9 Å². The summed E-state index contributed by atoms with van der Waals surface area (Å²) in [5.41, 5.74) is 1.92. The van der Waals surface area contributed by atoms with Crippen LogP contribution in [0.15, 0.2) is 24.3 Å². The topological polar surface area (TPSA) is 43.8 Å². The molecule has 1 unspecified atom stereocenters. The van der Waals surface area contributed by atoms with Crippen LogP contribution in [0.5, 0.6) is 0 Å². The van der Waals surface area contributed by atoms with E-state index in [1.165, 1.54) is 0 Å². The second-order valence-electron chi connectivity index (χ2n) is 4.82. The van der Waals surface area contributed by atoms with Crippen LogP contribution in [0.3, 0.4) is 0 Å². The van der Waals surface area contributed by atoms with Crippen LogP contribution >= 0.6 is 0 Å². The zero-order chi connectivity index (χ0) is 14.4. The van der Waals surface area contributed by atoms with Gasteiger partial charge in [0.2, 0.25) is 5.91 Å². The van der Waals surface area contributed by atoms with E-state index in [0.717, 1.165) is 17.8 Å². The zero-order valence-electron chi connectivity index (χ0n) is 12.3. The number of aliphatic hydroxyl groups excluding tert-OH is 1. The second-order valence-corrected chi connectivity index (χ2v) is 4.82. The quantitative estimate of drug-likeness (QED) is 0.855. The lowest BCUT2D eigenvalue weighted by atomic mass is 10.1. The van der Waals surface area contributed by atoms with Crippen LogP contribution in [0, 0.1) is 0 Å². The molecule has 0 heterocycles. The number of hydrogen-bond acceptors (Lipinski definition) is 3. The summed E-state index contributed by atoms with van der Waals surface area (Å²) < 4.78 is 0. The Morgan fingerprint density at radius 3 is 2.21 bits per heavy atom. The fraction of sp³-hybridized carbons (Fsp3) is 0.533. The molecule has 0 saturated heterocycles. The van der Waals surface area contributed by atoms with Gasteiger partial charge in [-0.3, -0.25) is 4.79 Å². The van der Waals surface area contributed by atoms with E-state index in [9.17, 15) is 9.90 Å². The molecule has 0 bridgehead atoms. The van der Waals surface area contributed by atoms with Crippen molar-refractivity contribution in [1.82, 2.24) is 4.90 Å². The van der Waals surface area contributed by atoms with Gasteiger partial charge in [-0.2, -0.15) is 0 Å². The maximum atomic E-state index is 11.8. The lowest BCUT2D eigenvalue weighted by molar-refractivity contribution is -0.127. The van der Waals surface area contributed by atoms with Crippen molar-refractivity contribution in [3.8, 4) is 0 Å². The summed E-state index contributed by atoms with van der Waals surface area (Å²) >= 11 is 0. The van der Waals surface area contributed by atoms with Gasteiger partial charge >= 0.3 is 0 Å². The molecule has 106 valence electrons. The van der Waals surface area contributed by atoms with E-state index in [1.54, 1.807) is 19.0 Å². The molecule has 0 spiro atoms. The van der Waals surface area contributed by atoms with Gasteiger partial charge in [-0.05, 0) is 31.0 Å². The van der Waals surface area contributed by atoms with E-state index >= 15 is 0 Å². The summed E-state index contributed by atoms with van der Waals surface area (Å²) in [5, 5.41) is 9.76. The van der Waals surface area contributed by atoms with Gasteiger partial charge in [-0.25, -0.2) is 0 Å². The Hall–Kier alpha value is -1.55. The molecule has 4 nitrogen and oxygen atoms in total. The summed E-state index contributed by atoms with van der Waals surface area (Å²) in [7, 11) is 3.52. The van der Waals surface area contributed by atoms with Crippen LogP contribution in [-0.2, 0) is 4.79 Å². The summed E-state index contributed by atoms with van der Waals surface area (Å²) in [5.74, 6) is 0.0829. The molecule has 0 radical (unpaired) electrons. The maximum Gasteiger partial charge on any atom is 0.241 e. The number of anilines is 1. The number of hydrogen-bond donors (Lipinski definition) is 1. The molecule has 1 atom stereocenters. The van der Waals surface area contributed by atoms with Gasteiger partial charge in [0.05, 0.1) is 12.6 Å². The highest BCUT2D eigenvalue weighted by Gasteiger charge is 2.12. The van der Waals surface area contributed by atoms with E-state index in [0.29, 0.717) is 13.0 Å². The molecule has 1 rings (SSSR count). The minimum Gasteiger partial charge on any atom is -0.388 e. The molecule has 1 N–H and O–H groups in total. The van der Waals surface area contributed by atoms with E-state index in [2.05, 4.69) is 0 Å². The van der Waals surface area contributed by atoms with E-state index in [4.69, 9.17) is 0 Å². The first-order chi connectivity index (χ1) is 8.99. The van der Waals surface area contributed by atoms with Gasteiger partial charge in [-0.15, -0.1) is 0 Å². The Labute approximate surface area is 115 Å². The van der Waals surface area contributed by atoms with Crippen molar-refractivity contribution in [3.05, 3.63) is 29.8 Å². The SMILES string of the molecule is CCC(O)c1ccc(N(CC)CC(=O)N(C)C)cc1. The van der Waals surface area contributed by atoms with Crippen LogP contribution in [0.25, 0.3) is 0 Å². The number of carbonyl (C=O) groups is 1. The Bertz CT molecular complexity index is 401. The molecule has 1 amide bonds. The third-order valence-electron chi connectivity index (χ3n) is 3.24. The fourth-order valence-electron chi connectivity index (χ4n) is 1.83. The molecule has 0 aromatic heterocycles. The van der Waals surface area contributed by atoms with Crippen LogP contribution in [0.4, 0.5) is 5.69 Å². The van der Waals surface area contributed by atoms with E-state index in [1.807, 2.05) is 43.0 Å². The van der Waals surface area contributed by atoms with Gasteiger partial charge in [0.15, 0.2) is 0 Å². The predicted molar refractivity (Wildman–Crippen MR) is 78.3 cm³/mol. The molecular formula is C15H24N2O2. The lowest BCUT2D eigenvalue weighted by Gasteiger charge is -2.24. The summed E-state index contributed by atoms with van der Waals surface area (Å²) in [6.07, 6.45) is 0.295.